The van der Waals surface area contributed by atoms with E-state index < -0.39 is 6.10 Å². The van der Waals surface area contributed by atoms with Crippen molar-refractivity contribution in [2.75, 3.05) is 27.4 Å². The first kappa shape index (κ1) is 17.7. The minimum atomic E-state index is -0.393. The fourth-order valence-electron chi connectivity index (χ4n) is 2.34. The van der Waals surface area contributed by atoms with Gasteiger partial charge in [0.15, 0.2) is 0 Å². The molecule has 4 nitrogen and oxygen atoms in total. The van der Waals surface area contributed by atoms with Gasteiger partial charge in [0, 0.05) is 14.2 Å². The molecule has 0 aliphatic rings. The number of methoxy groups -OCH3 is 2. The number of ether oxygens (including phenoxy) is 3. The van der Waals surface area contributed by atoms with Gasteiger partial charge in [0.25, 0.3) is 0 Å². The quantitative estimate of drug-likeness (QED) is 0.756. The number of hydrogen-bond acceptors (Lipinski definition) is 4. The van der Waals surface area contributed by atoms with Crippen LogP contribution in [0.1, 0.15) is 42.3 Å². The van der Waals surface area contributed by atoms with Crippen molar-refractivity contribution in [3.8, 4) is 0 Å². The summed E-state index contributed by atoms with van der Waals surface area (Å²) in [6, 6.07) is 5.68. The highest BCUT2D eigenvalue weighted by Gasteiger charge is 2.20. The lowest BCUT2D eigenvalue weighted by atomic mass is 9.83. The Hall–Kier alpha value is -1.39. The van der Waals surface area contributed by atoms with Crippen LogP contribution in [-0.4, -0.2) is 39.5 Å². The van der Waals surface area contributed by atoms with E-state index in [1.165, 1.54) is 5.56 Å². The zero-order valence-electron chi connectivity index (χ0n) is 13.9. The van der Waals surface area contributed by atoms with E-state index in [4.69, 9.17) is 14.2 Å². The molecule has 0 radical (unpaired) electrons. The van der Waals surface area contributed by atoms with Crippen molar-refractivity contribution in [3.63, 3.8) is 0 Å². The second-order valence-electron chi connectivity index (χ2n) is 6.22. The van der Waals surface area contributed by atoms with E-state index in [0.29, 0.717) is 18.8 Å². The van der Waals surface area contributed by atoms with Crippen molar-refractivity contribution < 1.29 is 19.0 Å². The van der Waals surface area contributed by atoms with Crippen LogP contribution in [-0.2, 0) is 19.6 Å². The molecule has 0 bridgehead atoms. The van der Waals surface area contributed by atoms with Crippen LogP contribution >= 0.6 is 0 Å². The number of benzene rings is 1. The van der Waals surface area contributed by atoms with Crippen molar-refractivity contribution in [3.05, 3.63) is 34.9 Å². The number of rotatable bonds is 6. The van der Waals surface area contributed by atoms with Crippen molar-refractivity contribution in [2.24, 2.45) is 0 Å². The monoisotopic (exact) mass is 294 g/mol. The van der Waals surface area contributed by atoms with Gasteiger partial charge < -0.3 is 14.2 Å². The molecule has 0 aromatic heterocycles. The number of esters is 1. The number of hydrogen-bond donors (Lipinski definition) is 0. The molecule has 0 fully saturated rings. The Kier molecular flexibility index (Phi) is 6.37. The fourth-order valence-corrected chi connectivity index (χ4v) is 2.34. The molecule has 21 heavy (non-hydrogen) atoms. The normalized spacial score (nSPS) is 11.8. The second-order valence-corrected chi connectivity index (χ2v) is 6.22. The summed E-state index contributed by atoms with van der Waals surface area (Å²) in [5, 5.41) is 0. The first-order valence-electron chi connectivity index (χ1n) is 7.09. The van der Waals surface area contributed by atoms with Gasteiger partial charge in [-0.3, -0.25) is 0 Å². The molecule has 0 spiro atoms. The maximum Gasteiger partial charge on any atom is 0.338 e. The molecule has 0 atom stereocenters. The lowest BCUT2D eigenvalue weighted by Crippen LogP contribution is -2.27. The third-order valence-electron chi connectivity index (χ3n) is 3.25. The van der Waals surface area contributed by atoms with E-state index in [9.17, 15) is 4.79 Å². The summed E-state index contributed by atoms with van der Waals surface area (Å²) in [7, 11) is 3.14. The summed E-state index contributed by atoms with van der Waals surface area (Å²) in [5.41, 5.74) is 2.93. The Morgan fingerprint density at radius 2 is 1.71 bits per heavy atom. The molecule has 0 saturated carbocycles. The summed E-state index contributed by atoms with van der Waals surface area (Å²) in [6.45, 7) is 9.11. The number of aryl methyl sites for hydroxylation is 1. The van der Waals surface area contributed by atoms with Crippen LogP contribution in [0.25, 0.3) is 0 Å². The first-order valence-corrected chi connectivity index (χ1v) is 7.09. The standard InChI is InChI=1S/C17H26O4/c1-12-9-13(7-8-15(12)17(2,3)4)16(18)21-14(10-19-5)11-20-6/h7-9,14H,10-11H2,1-6H3. The van der Waals surface area contributed by atoms with E-state index in [1.807, 2.05) is 25.1 Å². The Bertz CT molecular complexity index is 468. The smallest absolute Gasteiger partial charge is 0.338 e. The molecule has 0 heterocycles. The van der Waals surface area contributed by atoms with Gasteiger partial charge in [-0.05, 0) is 35.6 Å². The van der Waals surface area contributed by atoms with Crippen molar-refractivity contribution in [2.45, 2.75) is 39.2 Å². The Labute approximate surface area is 127 Å². The lowest BCUT2D eigenvalue weighted by molar-refractivity contribution is -0.0223. The molecule has 0 aliphatic heterocycles. The third kappa shape index (κ3) is 5.14. The van der Waals surface area contributed by atoms with Crippen molar-refractivity contribution >= 4 is 5.97 Å². The average Bonchev–Trinajstić information content (AvgIpc) is 2.37. The molecular formula is C17H26O4. The molecule has 4 heteroatoms. The van der Waals surface area contributed by atoms with Crippen LogP contribution in [0.2, 0.25) is 0 Å². The first-order chi connectivity index (χ1) is 9.79. The van der Waals surface area contributed by atoms with Gasteiger partial charge >= 0.3 is 5.97 Å². The van der Waals surface area contributed by atoms with Crippen LogP contribution in [0.15, 0.2) is 18.2 Å². The summed E-state index contributed by atoms with van der Waals surface area (Å²) >= 11 is 0. The van der Waals surface area contributed by atoms with E-state index >= 15 is 0 Å². The number of carbonyl (C=O) groups excluding carboxylic acids is 1. The van der Waals surface area contributed by atoms with Gasteiger partial charge in [-0.15, -0.1) is 0 Å². The molecule has 1 rings (SSSR count). The maximum absolute atomic E-state index is 12.2. The Morgan fingerprint density at radius 3 is 2.14 bits per heavy atom. The summed E-state index contributed by atoms with van der Waals surface area (Å²) in [5.74, 6) is -0.349. The van der Waals surface area contributed by atoms with Gasteiger partial charge in [0.1, 0.15) is 6.10 Å². The summed E-state index contributed by atoms with van der Waals surface area (Å²) < 4.78 is 15.5. The van der Waals surface area contributed by atoms with E-state index in [1.54, 1.807) is 14.2 Å². The zero-order chi connectivity index (χ0) is 16.0. The average molecular weight is 294 g/mol. The predicted molar refractivity (Wildman–Crippen MR) is 82.8 cm³/mol. The fraction of sp³-hybridized carbons (Fsp3) is 0.588. The summed E-state index contributed by atoms with van der Waals surface area (Å²) in [4.78, 5) is 12.2. The van der Waals surface area contributed by atoms with Crippen LogP contribution < -0.4 is 0 Å². The molecule has 0 unspecified atom stereocenters. The van der Waals surface area contributed by atoms with Crippen LogP contribution in [0, 0.1) is 6.92 Å². The predicted octanol–water partition coefficient (Wildman–Crippen LogP) is 3.11. The molecule has 1 aromatic rings. The van der Waals surface area contributed by atoms with Gasteiger partial charge in [0.05, 0.1) is 18.8 Å². The van der Waals surface area contributed by atoms with Crippen molar-refractivity contribution in [1.29, 1.82) is 0 Å². The number of carbonyl (C=O) groups is 1. The topological polar surface area (TPSA) is 44.8 Å². The van der Waals surface area contributed by atoms with E-state index in [-0.39, 0.29) is 11.4 Å². The van der Waals surface area contributed by atoms with Crippen LogP contribution in [0.4, 0.5) is 0 Å². The molecule has 1 aromatic carbocycles. The second kappa shape index (κ2) is 7.57. The van der Waals surface area contributed by atoms with Gasteiger partial charge in [0.2, 0.25) is 0 Å². The largest absolute Gasteiger partial charge is 0.454 e. The maximum atomic E-state index is 12.2. The Morgan fingerprint density at radius 1 is 1.14 bits per heavy atom. The van der Waals surface area contributed by atoms with Gasteiger partial charge in [-0.25, -0.2) is 4.79 Å². The molecule has 0 aliphatic carbocycles. The Balaban J connectivity index is 2.86. The van der Waals surface area contributed by atoms with Crippen LogP contribution in [0.3, 0.4) is 0 Å². The van der Waals surface area contributed by atoms with Gasteiger partial charge in [-0.1, -0.05) is 26.8 Å². The highest BCUT2D eigenvalue weighted by Crippen LogP contribution is 2.26. The highest BCUT2D eigenvalue weighted by molar-refractivity contribution is 5.89. The highest BCUT2D eigenvalue weighted by atomic mass is 16.6. The van der Waals surface area contributed by atoms with Gasteiger partial charge in [-0.2, -0.15) is 0 Å². The summed E-state index contributed by atoms with van der Waals surface area (Å²) in [6.07, 6.45) is -0.393. The van der Waals surface area contributed by atoms with Crippen LogP contribution in [0.5, 0.6) is 0 Å². The van der Waals surface area contributed by atoms with E-state index in [0.717, 1.165) is 5.56 Å². The molecule has 118 valence electrons. The molecule has 0 saturated heterocycles. The molecular weight excluding hydrogens is 268 g/mol. The SMILES string of the molecule is COCC(COC)OC(=O)c1ccc(C(C)(C)C)c(C)c1. The third-order valence-corrected chi connectivity index (χ3v) is 3.25. The molecule has 0 N–H and O–H groups in total. The minimum Gasteiger partial charge on any atom is -0.454 e. The van der Waals surface area contributed by atoms with Crippen molar-refractivity contribution in [1.82, 2.24) is 0 Å². The van der Waals surface area contributed by atoms with E-state index in [2.05, 4.69) is 20.8 Å². The lowest BCUT2D eigenvalue weighted by Gasteiger charge is -2.22. The minimum absolute atomic E-state index is 0.0567. The zero-order valence-corrected chi connectivity index (χ0v) is 13.9. The molecule has 0 amide bonds.